The summed E-state index contributed by atoms with van der Waals surface area (Å²) in [4.78, 5) is 29.2. The van der Waals surface area contributed by atoms with Gasteiger partial charge in [0.25, 0.3) is 0 Å². The molecule has 0 spiro atoms. The van der Waals surface area contributed by atoms with Gasteiger partial charge in [0.05, 0.1) is 18.8 Å². The molecular formula is C18H20N2O5. The minimum Gasteiger partial charge on any atom is -0.479 e. The van der Waals surface area contributed by atoms with E-state index in [-0.39, 0.29) is 25.5 Å². The summed E-state index contributed by atoms with van der Waals surface area (Å²) >= 11 is 0. The number of aryl methyl sites for hydroxylation is 2. The summed E-state index contributed by atoms with van der Waals surface area (Å²) < 4.78 is 10.9. The first kappa shape index (κ1) is 17.2. The van der Waals surface area contributed by atoms with Crippen LogP contribution in [0.2, 0.25) is 0 Å². The molecule has 7 heteroatoms. The van der Waals surface area contributed by atoms with Gasteiger partial charge in [-0.2, -0.15) is 0 Å². The molecule has 1 aromatic carbocycles. The third-order valence-corrected chi connectivity index (χ3v) is 4.12. The molecule has 2 heterocycles. The minimum atomic E-state index is -1.05. The molecule has 132 valence electrons. The van der Waals surface area contributed by atoms with Gasteiger partial charge in [-0.25, -0.2) is 9.78 Å². The van der Waals surface area contributed by atoms with Crippen LogP contribution in [-0.2, 0) is 20.7 Å². The molecule has 7 nitrogen and oxygen atoms in total. The third-order valence-electron chi connectivity index (χ3n) is 4.12. The monoisotopic (exact) mass is 344 g/mol. The Morgan fingerprint density at radius 2 is 2.08 bits per heavy atom. The first-order valence-corrected chi connectivity index (χ1v) is 8.18. The SMILES string of the molecule is Cc1nc(CCC(=O)N2CCOC(C(=O)O)C2)oc1-c1ccccc1. The molecular weight excluding hydrogens is 324 g/mol. The number of hydrogen-bond acceptors (Lipinski definition) is 5. The van der Waals surface area contributed by atoms with Crippen LogP contribution in [0.1, 0.15) is 18.0 Å². The summed E-state index contributed by atoms with van der Waals surface area (Å²) in [6.45, 7) is 2.59. The van der Waals surface area contributed by atoms with Gasteiger partial charge in [-0.3, -0.25) is 4.79 Å². The largest absolute Gasteiger partial charge is 0.479 e. The number of aliphatic carboxylic acids is 1. The summed E-state index contributed by atoms with van der Waals surface area (Å²) in [6, 6.07) is 9.68. The predicted molar refractivity (Wildman–Crippen MR) is 89.0 cm³/mol. The van der Waals surface area contributed by atoms with E-state index in [0.717, 1.165) is 11.3 Å². The number of hydrogen-bond donors (Lipinski definition) is 1. The van der Waals surface area contributed by atoms with Crippen molar-refractivity contribution in [3.63, 3.8) is 0 Å². The maximum atomic E-state index is 12.3. The number of nitrogens with zero attached hydrogens (tertiary/aromatic N) is 2. The zero-order valence-electron chi connectivity index (χ0n) is 14.0. The number of carboxylic acids is 1. The van der Waals surface area contributed by atoms with Gasteiger partial charge >= 0.3 is 5.97 Å². The van der Waals surface area contributed by atoms with Crippen LogP contribution in [-0.4, -0.2) is 52.7 Å². The molecule has 0 bridgehead atoms. The van der Waals surface area contributed by atoms with Gasteiger partial charge in [-0.05, 0) is 6.92 Å². The number of amides is 1. The maximum absolute atomic E-state index is 12.3. The molecule has 1 aromatic heterocycles. The van der Waals surface area contributed by atoms with Crippen molar-refractivity contribution in [2.24, 2.45) is 0 Å². The van der Waals surface area contributed by atoms with E-state index in [2.05, 4.69) is 4.98 Å². The van der Waals surface area contributed by atoms with Crippen LogP contribution in [0.15, 0.2) is 34.7 Å². The molecule has 1 unspecified atom stereocenters. The first-order valence-electron chi connectivity index (χ1n) is 8.18. The van der Waals surface area contributed by atoms with E-state index in [4.69, 9.17) is 14.3 Å². The number of morpholine rings is 1. The second-order valence-corrected chi connectivity index (χ2v) is 5.93. The fourth-order valence-corrected chi connectivity index (χ4v) is 2.81. The topological polar surface area (TPSA) is 92.9 Å². The third kappa shape index (κ3) is 4.06. The Balaban J connectivity index is 1.60. The van der Waals surface area contributed by atoms with Crippen LogP contribution < -0.4 is 0 Å². The van der Waals surface area contributed by atoms with E-state index < -0.39 is 12.1 Å². The lowest BCUT2D eigenvalue weighted by molar-refractivity contribution is -0.159. The lowest BCUT2D eigenvalue weighted by atomic mass is 10.1. The molecule has 0 radical (unpaired) electrons. The number of ether oxygens (including phenoxy) is 1. The van der Waals surface area contributed by atoms with Crippen LogP contribution in [0.4, 0.5) is 0 Å². The van der Waals surface area contributed by atoms with Crippen LogP contribution in [0.3, 0.4) is 0 Å². The summed E-state index contributed by atoms with van der Waals surface area (Å²) in [6.07, 6.45) is -0.353. The Morgan fingerprint density at radius 3 is 2.80 bits per heavy atom. The molecule has 2 aromatic rings. The predicted octanol–water partition coefficient (Wildman–Crippen LogP) is 1.89. The zero-order valence-corrected chi connectivity index (χ0v) is 14.0. The Morgan fingerprint density at radius 1 is 1.32 bits per heavy atom. The highest BCUT2D eigenvalue weighted by molar-refractivity contribution is 5.78. The number of rotatable bonds is 5. The number of carbonyl (C=O) groups excluding carboxylic acids is 1. The van der Waals surface area contributed by atoms with E-state index in [1.54, 1.807) is 0 Å². The Hall–Kier alpha value is -2.67. The van der Waals surface area contributed by atoms with Crippen molar-refractivity contribution in [1.29, 1.82) is 0 Å². The van der Waals surface area contributed by atoms with Crippen molar-refractivity contribution in [3.8, 4) is 11.3 Å². The highest BCUT2D eigenvalue weighted by Crippen LogP contribution is 2.24. The lowest BCUT2D eigenvalue weighted by Crippen LogP contribution is -2.48. The van der Waals surface area contributed by atoms with E-state index in [1.165, 1.54) is 4.90 Å². The van der Waals surface area contributed by atoms with Crippen LogP contribution in [0.25, 0.3) is 11.3 Å². The normalized spacial score (nSPS) is 17.5. The smallest absolute Gasteiger partial charge is 0.334 e. The maximum Gasteiger partial charge on any atom is 0.334 e. The Bertz CT molecular complexity index is 756. The van der Waals surface area contributed by atoms with Gasteiger partial charge in [0, 0.05) is 24.9 Å². The standard InChI is InChI=1S/C18H20N2O5/c1-12-17(13-5-3-2-4-6-13)25-15(19-12)7-8-16(21)20-9-10-24-14(11-20)18(22)23/h2-6,14H,7-11H2,1H3,(H,22,23). The van der Waals surface area contributed by atoms with Crippen molar-refractivity contribution < 1.29 is 23.8 Å². The molecule has 1 N–H and O–H groups in total. The fraction of sp³-hybridized carbons (Fsp3) is 0.389. The highest BCUT2D eigenvalue weighted by atomic mass is 16.5. The van der Waals surface area contributed by atoms with Crippen molar-refractivity contribution in [3.05, 3.63) is 41.9 Å². The molecule has 1 atom stereocenters. The summed E-state index contributed by atoms with van der Waals surface area (Å²) in [5, 5.41) is 9.00. The van der Waals surface area contributed by atoms with Gasteiger partial charge in [-0.15, -0.1) is 0 Å². The zero-order chi connectivity index (χ0) is 17.8. The molecule has 25 heavy (non-hydrogen) atoms. The van der Waals surface area contributed by atoms with Crippen molar-refractivity contribution in [2.75, 3.05) is 19.7 Å². The van der Waals surface area contributed by atoms with Gasteiger partial charge in [-0.1, -0.05) is 30.3 Å². The van der Waals surface area contributed by atoms with Gasteiger partial charge in [0.2, 0.25) is 5.91 Å². The molecule has 0 aliphatic carbocycles. The van der Waals surface area contributed by atoms with Crippen LogP contribution >= 0.6 is 0 Å². The van der Waals surface area contributed by atoms with Gasteiger partial charge < -0.3 is 19.2 Å². The van der Waals surface area contributed by atoms with E-state index >= 15 is 0 Å². The van der Waals surface area contributed by atoms with Gasteiger partial charge in [0.1, 0.15) is 0 Å². The minimum absolute atomic E-state index is 0.0774. The molecule has 1 aliphatic heterocycles. The van der Waals surface area contributed by atoms with E-state index in [0.29, 0.717) is 24.6 Å². The van der Waals surface area contributed by atoms with Crippen molar-refractivity contribution >= 4 is 11.9 Å². The molecule has 1 fully saturated rings. The van der Waals surface area contributed by atoms with Gasteiger partial charge in [0.15, 0.2) is 17.8 Å². The highest BCUT2D eigenvalue weighted by Gasteiger charge is 2.28. The summed E-state index contributed by atoms with van der Waals surface area (Å²) in [5.74, 6) is 0.0492. The van der Waals surface area contributed by atoms with Crippen molar-refractivity contribution in [1.82, 2.24) is 9.88 Å². The van der Waals surface area contributed by atoms with Crippen LogP contribution in [0, 0.1) is 6.92 Å². The summed E-state index contributed by atoms with van der Waals surface area (Å²) in [5.41, 5.74) is 1.73. The fourth-order valence-electron chi connectivity index (χ4n) is 2.81. The van der Waals surface area contributed by atoms with E-state index in [1.807, 2.05) is 37.3 Å². The van der Waals surface area contributed by atoms with Crippen molar-refractivity contribution in [2.45, 2.75) is 25.9 Å². The lowest BCUT2D eigenvalue weighted by Gasteiger charge is -2.30. The summed E-state index contributed by atoms with van der Waals surface area (Å²) in [7, 11) is 0. The average Bonchev–Trinajstić information content (AvgIpc) is 3.01. The first-order chi connectivity index (χ1) is 12.0. The molecule has 3 rings (SSSR count). The average molecular weight is 344 g/mol. The number of oxazole rings is 1. The number of carboxylic acid groups (broad SMARTS) is 1. The number of benzene rings is 1. The van der Waals surface area contributed by atoms with E-state index in [9.17, 15) is 9.59 Å². The molecule has 1 amide bonds. The molecule has 1 aliphatic rings. The second kappa shape index (κ2) is 7.48. The Labute approximate surface area is 145 Å². The quantitative estimate of drug-likeness (QED) is 0.890. The number of aromatic nitrogens is 1. The Kier molecular flexibility index (Phi) is 5.14. The molecule has 1 saturated heterocycles. The second-order valence-electron chi connectivity index (χ2n) is 5.93. The molecule has 0 saturated carbocycles. The number of carbonyl (C=O) groups is 2. The van der Waals surface area contributed by atoms with Crippen LogP contribution in [0.5, 0.6) is 0 Å².